The van der Waals surface area contributed by atoms with Crippen molar-refractivity contribution in [3.05, 3.63) is 88.0 Å². The highest BCUT2D eigenvalue weighted by molar-refractivity contribution is 7.99. The molecule has 4 nitrogen and oxygen atoms in total. The Bertz CT molecular complexity index is 1220. The normalized spacial score (nSPS) is 10.9. The molecule has 0 radical (unpaired) electrons. The second kappa shape index (κ2) is 8.19. The topological polar surface area (TPSA) is 51.5 Å². The van der Waals surface area contributed by atoms with Crippen molar-refractivity contribution in [3.8, 4) is 5.75 Å². The fraction of sp³-hybridized carbons (Fsp3) is 0.0455. The summed E-state index contributed by atoms with van der Waals surface area (Å²) in [7, 11) is 1.58. The van der Waals surface area contributed by atoms with Crippen molar-refractivity contribution >= 4 is 45.7 Å². The predicted molar refractivity (Wildman–Crippen MR) is 114 cm³/mol. The monoisotopic (exact) mass is 427 g/mol. The van der Waals surface area contributed by atoms with Gasteiger partial charge in [-0.15, -0.1) is 0 Å². The lowest BCUT2D eigenvalue weighted by atomic mass is 10.2. The van der Waals surface area contributed by atoms with Gasteiger partial charge in [-0.1, -0.05) is 23.4 Å². The molecule has 0 aliphatic carbocycles. The van der Waals surface area contributed by atoms with Crippen molar-refractivity contribution in [3.63, 3.8) is 0 Å². The molecule has 1 N–H and O–H groups in total. The maximum Gasteiger partial charge on any atom is 0.361 e. The van der Waals surface area contributed by atoms with E-state index in [0.29, 0.717) is 32.3 Å². The quantitative estimate of drug-likeness (QED) is 0.369. The molecule has 3 aromatic carbocycles. The maximum absolute atomic E-state index is 14.0. The molecule has 7 heteroatoms. The van der Waals surface area contributed by atoms with Gasteiger partial charge in [0.2, 0.25) is 0 Å². The summed E-state index contributed by atoms with van der Waals surface area (Å²) < 4.78 is 24.6. The first-order valence-electron chi connectivity index (χ1n) is 8.64. The van der Waals surface area contributed by atoms with Crippen molar-refractivity contribution in [1.82, 2.24) is 0 Å². The van der Waals surface area contributed by atoms with Gasteiger partial charge in [-0.05, 0) is 66.7 Å². The van der Waals surface area contributed by atoms with Crippen molar-refractivity contribution in [1.29, 1.82) is 0 Å². The fourth-order valence-corrected chi connectivity index (χ4v) is 3.94. The Kier molecular flexibility index (Phi) is 5.47. The minimum Gasteiger partial charge on any atom is -0.497 e. The van der Waals surface area contributed by atoms with E-state index >= 15 is 0 Å². The van der Waals surface area contributed by atoms with Gasteiger partial charge in [0.15, 0.2) is 0 Å². The first kappa shape index (κ1) is 19.4. The lowest BCUT2D eigenvalue weighted by molar-refractivity contribution is 0.415. The molecule has 0 saturated carbocycles. The minimum absolute atomic E-state index is 0.230. The molecule has 29 heavy (non-hydrogen) atoms. The number of hydrogen-bond acceptors (Lipinski definition) is 5. The Morgan fingerprint density at radius 1 is 1.03 bits per heavy atom. The SMILES string of the molecule is COc1ccc(Nc2c(Sc3ccc(Cl)cc3)c3cc(F)ccc3oc2=O)cc1. The summed E-state index contributed by atoms with van der Waals surface area (Å²) in [5.41, 5.74) is 0.671. The van der Waals surface area contributed by atoms with E-state index in [-0.39, 0.29) is 5.69 Å². The third-order valence-electron chi connectivity index (χ3n) is 4.21. The van der Waals surface area contributed by atoms with E-state index in [1.54, 1.807) is 43.5 Å². The van der Waals surface area contributed by atoms with Gasteiger partial charge in [-0.25, -0.2) is 9.18 Å². The van der Waals surface area contributed by atoms with Crippen LogP contribution in [0.3, 0.4) is 0 Å². The predicted octanol–water partition coefficient (Wildman–Crippen LogP) is 6.49. The number of ether oxygens (including phenoxy) is 1. The Labute approximate surface area is 175 Å². The van der Waals surface area contributed by atoms with Crippen molar-refractivity contribution in [2.24, 2.45) is 0 Å². The van der Waals surface area contributed by atoms with Crippen LogP contribution in [0.25, 0.3) is 11.0 Å². The molecule has 0 aliphatic heterocycles. The van der Waals surface area contributed by atoms with Crippen LogP contribution in [-0.4, -0.2) is 7.11 Å². The number of benzene rings is 3. The Morgan fingerprint density at radius 2 is 1.76 bits per heavy atom. The summed E-state index contributed by atoms with van der Waals surface area (Å²) in [6, 6.07) is 18.4. The van der Waals surface area contributed by atoms with Crippen LogP contribution in [0.2, 0.25) is 5.02 Å². The molecule has 4 rings (SSSR count). The van der Waals surface area contributed by atoms with Gasteiger partial charge in [0.1, 0.15) is 22.8 Å². The Morgan fingerprint density at radius 3 is 2.45 bits per heavy atom. The summed E-state index contributed by atoms with van der Waals surface area (Å²) in [4.78, 5) is 14.1. The maximum atomic E-state index is 14.0. The largest absolute Gasteiger partial charge is 0.497 e. The number of hydrogen-bond donors (Lipinski definition) is 1. The smallest absolute Gasteiger partial charge is 0.361 e. The highest BCUT2D eigenvalue weighted by atomic mass is 35.5. The summed E-state index contributed by atoms with van der Waals surface area (Å²) in [5.74, 6) is 0.277. The summed E-state index contributed by atoms with van der Waals surface area (Å²) in [5, 5.41) is 4.21. The number of methoxy groups -OCH3 is 1. The number of nitrogens with one attached hydrogen (secondary N) is 1. The number of fused-ring (bicyclic) bond motifs is 1. The third-order valence-corrected chi connectivity index (χ3v) is 5.60. The Hall–Kier alpha value is -2.96. The summed E-state index contributed by atoms with van der Waals surface area (Å²) in [6.45, 7) is 0. The van der Waals surface area contributed by atoms with Crippen LogP contribution >= 0.6 is 23.4 Å². The third kappa shape index (κ3) is 4.23. The van der Waals surface area contributed by atoms with E-state index in [0.717, 1.165) is 4.90 Å². The molecule has 1 heterocycles. The summed E-state index contributed by atoms with van der Waals surface area (Å²) in [6.07, 6.45) is 0. The van der Waals surface area contributed by atoms with Crippen LogP contribution in [0.5, 0.6) is 5.75 Å². The first-order chi connectivity index (χ1) is 14.0. The zero-order valence-corrected chi connectivity index (χ0v) is 16.8. The van der Waals surface area contributed by atoms with Crippen molar-refractivity contribution < 1.29 is 13.5 Å². The highest BCUT2D eigenvalue weighted by Crippen LogP contribution is 2.39. The minimum atomic E-state index is -0.545. The second-order valence-electron chi connectivity index (χ2n) is 6.14. The van der Waals surface area contributed by atoms with E-state index in [1.807, 2.05) is 12.1 Å². The van der Waals surface area contributed by atoms with Gasteiger partial charge < -0.3 is 14.5 Å². The molecule has 0 spiro atoms. The Balaban J connectivity index is 1.85. The van der Waals surface area contributed by atoms with Crippen molar-refractivity contribution in [2.45, 2.75) is 9.79 Å². The van der Waals surface area contributed by atoms with Crippen LogP contribution in [0.4, 0.5) is 15.8 Å². The fourth-order valence-electron chi connectivity index (χ4n) is 2.80. The van der Waals surface area contributed by atoms with Gasteiger partial charge in [-0.3, -0.25) is 0 Å². The zero-order chi connectivity index (χ0) is 20.4. The molecule has 0 amide bonds. The van der Waals surface area contributed by atoms with Gasteiger partial charge in [0.25, 0.3) is 0 Å². The van der Waals surface area contributed by atoms with Crippen LogP contribution < -0.4 is 15.7 Å². The van der Waals surface area contributed by atoms with Gasteiger partial charge >= 0.3 is 5.63 Å². The molecule has 4 aromatic rings. The van der Waals surface area contributed by atoms with E-state index in [4.69, 9.17) is 20.8 Å². The number of rotatable bonds is 5. The zero-order valence-electron chi connectivity index (χ0n) is 15.2. The summed E-state index contributed by atoms with van der Waals surface area (Å²) >= 11 is 7.30. The molecule has 0 bridgehead atoms. The van der Waals surface area contributed by atoms with E-state index in [1.165, 1.54) is 30.0 Å². The molecule has 0 saturated heterocycles. The lowest BCUT2D eigenvalue weighted by Gasteiger charge is -2.13. The standard InChI is InChI=1S/C22H15ClFNO3S/c1-27-16-7-5-15(6-8-16)25-20-21(29-17-9-2-13(23)3-10-17)18-12-14(24)4-11-19(18)28-22(20)26/h2-12,25H,1H3. The molecule has 0 aliphatic rings. The van der Waals surface area contributed by atoms with E-state index in [9.17, 15) is 9.18 Å². The average Bonchev–Trinajstić information content (AvgIpc) is 2.73. The van der Waals surface area contributed by atoms with Gasteiger partial charge in [-0.2, -0.15) is 0 Å². The number of halogens is 2. The molecular formula is C22H15ClFNO3S. The number of anilines is 2. The van der Waals surface area contributed by atoms with Crippen LogP contribution in [-0.2, 0) is 0 Å². The van der Waals surface area contributed by atoms with Crippen molar-refractivity contribution in [2.75, 3.05) is 12.4 Å². The van der Waals surface area contributed by atoms with Gasteiger partial charge in [0.05, 0.1) is 12.0 Å². The molecule has 0 atom stereocenters. The molecular weight excluding hydrogens is 413 g/mol. The molecule has 0 fully saturated rings. The van der Waals surface area contributed by atoms with Crippen LogP contribution in [0.1, 0.15) is 0 Å². The van der Waals surface area contributed by atoms with E-state index in [2.05, 4.69) is 5.32 Å². The lowest BCUT2D eigenvalue weighted by Crippen LogP contribution is -2.09. The van der Waals surface area contributed by atoms with Gasteiger partial charge in [0, 0.05) is 21.0 Å². The average molecular weight is 428 g/mol. The first-order valence-corrected chi connectivity index (χ1v) is 9.84. The van der Waals surface area contributed by atoms with Crippen LogP contribution in [0, 0.1) is 5.82 Å². The molecule has 146 valence electrons. The molecule has 1 aromatic heterocycles. The van der Waals surface area contributed by atoms with Crippen LogP contribution in [0.15, 0.2) is 85.7 Å². The van der Waals surface area contributed by atoms with E-state index < -0.39 is 11.4 Å². The molecule has 0 unspecified atom stereocenters. The highest BCUT2D eigenvalue weighted by Gasteiger charge is 2.17. The second-order valence-corrected chi connectivity index (χ2v) is 7.66.